The van der Waals surface area contributed by atoms with Gasteiger partial charge in [-0.15, -0.1) is 0 Å². The molecule has 0 fully saturated rings. The molecule has 7 heteroatoms. The van der Waals surface area contributed by atoms with E-state index in [0.29, 0.717) is 0 Å². The number of hydrogen-bond donors (Lipinski definition) is 0. The molecule has 0 aliphatic carbocycles. The monoisotopic (exact) mass is 356 g/mol. The van der Waals surface area contributed by atoms with E-state index in [0.717, 1.165) is 24.3 Å². The molecule has 0 aliphatic heterocycles. The van der Waals surface area contributed by atoms with Gasteiger partial charge in [0.25, 0.3) is 0 Å². The quantitative estimate of drug-likeness (QED) is 0.300. The predicted octanol–water partition coefficient (Wildman–Crippen LogP) is 5.99. The molecule has 3 aromatic rings. The minimum absolute atomic E-state index is 0.220. The Morgan fingerprint density at radius 2 is 0.880 bits per heavy atom. The Balaban J connectivity index is 2.38. The van der Waals surface area contributed by atoms with E-state index in [1.54, 1.807) is 0 Å². The average Bonchev–Trinajstić information content (AvgIpc) is 2.61. The van der Waals surface area contributed by atoms with Gasteiger partial charge in [0.2, 0.25) is 5.82 Å². The van der Waals surface area contributed by atoms with Crippen LogP contribution in [0.15, 0.2) is 42.5 Å². The fourth-order valence-electron chi connectivity index (χ4n) is 2.49. The van der Waals surface area contributed by atoms with Crippen LogP contribution in [-0.4, -0.2) is 0 Å². The van der Waals surface area contributed by atoms with Crippen molar-refractivity contribution in [3.05, 3.63) is 83.2 Å². The van der Waals surface area contributed by atoms with Gasteiger partial charge in [-0.25, -0.2) is 30.7 Å². The molecule has 0 aliphatic rings. The summed E-state index contributed by atoms with van der Waals surface area (Å²) < 4.78 is 95.8. The summed E-state index contributed by atoms with van der Waals surface area (Å²) in [4.78, 5) is 0. The molecule has 0 spiro atoms. The van der Waals surface area contributed by atoms with E-state index in [1.807, 2.05) is 0 Å². The van der Waals surface area contributed by atoms with Gasteiger partial charge in [-0.1, -0.05) is 36.4 Å². The standard InChI is InChI=1S/C18H7F7/c19-11-7-3-6-10(13(11)20)8-4-1-2-5-9(8)12-14(21)16(23)18(25)17(24)15(12)22/h1-7H. The Bertz CT molecular complexity index is 950. The lowest BCUT2D eigenvalue weighted by atomic mass is 9.93. The third-order valence-electron chi connectivity index (χ3n) is 3.65. The largest absolute Gasteiger partial charge is 0.204 e. The molecule has 0 radical (unpaired) electrons. The molecule has 0 bridgehead atoms. The van der Waals surface area contributed by atoms with Gasteiger partial charge in [-0.3, -0.25) is 0 Å². The maximum atomic E-state index is 14.1. The van der Waals surface area contributed by atoms with Crippen molar-refractivity contribution in [2.75, 3.05) is 0 Å². The lowest BCUT2D eigenvalue weighted by Gasteiger charge is -2.14. The van der Waals surface area contributed by atoms with Gasteiger partial charge in [0.15, 0.2) is 34.9 Å². The van der Waals surface area contributed by atoms with Crippen molar-refractivity contribution in [3.63, 3.8) is 0 Å². The van der Waals surface area contributed by atoms with Gasteiger partial charge in [0.1, 0.15) is 0 Å². The Hall–Kier alpha value is -2.83. The molecule has 0 N–H and O–H groups in total. The first-order valence-corrected chi connectivity index (χ1v) is 6.89. The molecule has 3 aromatic carbocycles. The Morgan fingerprint density at radius 3 is 1.48 bits per heavy atom. The fraction of sp³-hybridized carbons (Fsp3) is 0. The van der Waals surface area contributed by atoms with Crippen molar-refractivity contribution in [1.82, 2.24) is 0 Å². The summed E-state index contributed by atoms with van der Waals surface area (Å²) >= 11 is 0. The maximum Gasteiger partial charge on any atom is 0.200 e. The van der Waals surface area contributed by atoms with Crippen LogP contribution in [0.4, 0.5) is 30.7 Å². The summed E-state index contributed by atoms with van der Waals surface area (Å²) in [7, 11) is 0. The highest BCUT2D eigenvalue weighted by molar-refractivity contribution is 5.84. The van der Waals surface area contributed by atoms with Gasteiger partial charge in [-0.2, -0.15) is 0 Å². The molecule has 3 rings (SSSR count). The lowest BCUT2D eigenvalue weighted by molar-refractivity contribution is 0.381. The smallest absolute Gasteiger partial charge is 0.200 e. The Morgan fingerprint density at radius 1 is 0.400 bits per heavy atom. The van der Waals surface area contributed by atoms with Gasteiger partial charge >= 0.3 is 0 Å². The Kier molecular flexibility index (Phi) is 4.24. The van der Waals surface area contributed by atoms with Gasteiger partial charge in [0.05, 0.1) is 5.56 Å². The Labute approximate surface area is 137 Å². The number of rotatable bonds is 2. The SMILES string of the molecule is Fc1cccc(-c2ccccc2-c2c(F)c(F)c(F)c(F)c2F)c1F. The zero-order valence-corrected chi connectivity index (χ0v) is 12.2. The zero-order chi connectivity index (χ0) is 18.3. The zero-order valence-electron chi connectivity index (χ0n) is 12.2. The van der Waals surface area contributed by atoms with Crippen LogP contribution in [0.1, 0.15) is 0 Å². The lowest BCUT2D eigenvalue weighted by Crippen LogP contribution is -2.05. The highest BCUT2D eigenvalue weighted by Crippen LogP contribution is 2.38. The fourth-order valence-corrected chi connectivity index (χ4v) is 2.49. The van der Waals surface area contributed by atoms with Crippen LogP contribution in [0.5, 0.6) is 0 Å². The molecule has 0 nitrogen and oxygen atoms in total. The maximum absolute atomic E-state index is 14.1. The second-order valence-electron chi connectivity index (χ2n) is 5.09. The third-order valence-corrected chi connectivity index (χ3v) is 3.65. The topological polar surface area (TPSA) is 0 Å². The van der Waals surface area contributed by atoms with Crippen molar-refractivity contribution >= 4 is 0 Å². The molecule has 0 heterocycles. The number of hydrogen-bond acceptors (Lipinski definition) is 0. The first-order valence-electron chi connectivity index (χ1n) is 6.89. The normalized spacial score (nSPS) is 11.0. The van der Waals surface area contributed by atoms with E-state index in [-0.39, 0.29) is 11.1 Å². The van der Waals surface area contributed by atoms with Crippen molar-refractivity contribution in [2.45, 2.75) is 0 Å². The molecular weight excluding hydrogens is 349 g/mol. The van der Waals surface area contributed by atoms with Crippen LogP contribution >= 0.6 is 0 Å². The molecule has 0 saturated heterocycles. The van der Waals surface area contributed by atoms with Crippen LogP contribution in [0.3, 0.4) is 0 Å². The molecule has 0 atom stereocenters. The molecule has 25 heavy (non-hydrogen) atoms. The first-order chi connectivity index (χ1) is 11.8. The van der Waals surface area contributed by atoms with E-state index < -0.39 is 51.8 Å². The van der Waals surface area contributed by atoms with E-state index in [9.17, 15) is 30.7 Å². The van der Waals surface area contributed by atoms with Gasteiger partial charge in [-0.05, 0) is 17.2 Å². The van der Waals surface area contributed by atoms with Crippen molar-refractivity contribution in [2.24, 2.45) is 0 Å². The molecule has 0 unspecified atom stereocenters. The minimum Gasteiger partial charge on any atom is -0.204 e. The highest BCUT2D eigenvalue weighted by atomic mass is 19.2. The molecule has 0 saturated carbocycles. The van der Waals surface area contributed by atoms with Crippen molar-refractivity contribution in [1.29, 1.82) is 0 Å². The van der Waals surface area contributed by atoms with Crippen LogP contribution in [0.2, 0.25) is 0 Å². The van der Waals surface area contributed by atoms with Gasteiger partial charge < -0.3 is 0 Å². The number of halogens is 7. The second-order valence-corrected chi connectivity index (χ2v) is 5.09. The minimum atomic E-state index is -2.30. The second kappa shape index (κ2) is 6.23. The number of benzene rings is 3. The van der Waals surface area contributed by atoms with Crippen LogP contribution in [0.25, 0.3) is 22.3 Å². The van der Waals surface area contributed by atoms with E-state index in [2.05, 4.69) is 0 Å². The molecule has 0 amide bonds. The summed E-state index contributed by atoms with van der Waals surface area (Å²) in [6, 6.07) is 7.98. The van der Waals surface area contributed by atoms with Crippen LogP contribution in [-0.2, 0) is 0 Å². The summed E-state index contributed by atoms with van der Waals surface area (Å²) in [6.45, 7) is 0. The van der Waals surface area contributed by atoms with Crippen LogP contribution in [0, 0.1) is 40.7 Å². The highest BCUT2D eigenvalue weighted by Gasteiger charge is 2.28. The molecule has 0 aromatic heterocycles. The first kappa shape index (κ1) is 17.0. The van der Waals surface area contributed by atoms with E-state index >= 15 is 0 Å². The third kappa shape index (κ3) is 2.65. The van der Waals surface area contributed by atoms with E-state index in [4.69, 9.17) is 0 Å². The summed E-state index contributed by atoms with van der Waals surface area (Å²) in [5.41, 5.74) is -2.27. The summed E-state index contributed by atoms with van der Waals surface area (Å²) in [6.07, 6.45) is 0. The van der Waals surface area contributed by atoms with Crippen molar-refractivity contribution in [3.8, 4) is 22.3 Å². The summed E-state index contributed by atoms with van der Waals surface area (Å²) in [5, 5.41) is 0. The van der Waals surface area contributed by atoms with Crippen molar-refractivity contribution < 1.29 is 30.7 Å². The summed E-state index contributed by atoms with van der Waals surface area (Å²) in [5.74, 6) is -13.2. The van der Waals surface area contributed by atoms with E-state index in [1.165, 1.54) is 18.2 Å². The average molecular weight is 356 g/mol. The predicted molar refractivity (Wildman–Crippen MR) is 77.0 cm³/mol. The molecule has 128 valence electrons. The van der Waals surface area contributed by atoms with Gasteiger partial charge in [0, 0.05) is 5.56 Å². The van der Waals surface area contributed by atoms with Crippen LogP contribution < -0.4 is 0 Å². The molecular formula is C18H7F7.